The number of H-pyrrole nitrogens is 1. The van der Waals surface area contributed by atoms with Crippen LogP contribution in [-0.4, -0.2) is 28.3 Å². The van der Waals surface area contributed by atoms with Crippen LogP contribution < -0.4 is 16.4 Å². The normalized spacial score (nSPS) is 19.3. The monoisotopic (exact) mass is 259 g/mol. The van der Waals surface area contributed by atoms with Gasteiger partial charge in [-0.3, -0.25) is 9.59 Å². The van der Waals surface area contributed by atoms with Crippen LogP contribution in [0.3, 0.4) is 0 Å². The average Bonchev–Trinajstić information content (AvgIpc) is 2.94. The van der Waals surface area contributed by atoms with Crippen LogP contribution in [-0.2, 0) is 9.59 Å². The second-order valence-corrected chi connectivity index (χ2v) is 4.64. The Morgan fingerprint density at radius 3 is 2.95 bits per heavy atom. The van der Waals surface area contributed by atoms with Crippen molar-refractivity contribution in [1.82, 2.24) is 9.97 Å². The molecule has 19 heavy (non-hydrogen) atoms. The minimum absolute atomic E-state index is 0.132. The summed E-state index contributed by atoms with van der Waals surface area (Å²) in [6, 6.07) is 3.46. The summed E-state index contributed by atoms with van der Waals surface area (Å²) in [7, 11) is 0. The van der Waals surface area contributed by atoms with E-state index in [2.05, 4.69) is 9.97 Å². The fraction of sp³-hybridized carbons (Fsp3) is 0.250. The second kappa shape index (κ2) is 3.98. The number of primary amides is 1. The molecule has 0 radical (unpaired) electrons. The maximum atomic E-state index is 12.0. The van der Waals surface area contributed by atoms with E-state index in [1.165, 1.54) is 4.90 Å². The first-order chi connectivity index (χ1) is 9.06. The number of amides is 2. The maximum Gasteiger partial charge on any atom is 0.227 e. The number of hydrogen-bond acceptors (Lipinski definition) is 4. The molecule has 2 amide bonds. The first kappa shape index (κ1) is 11.5. The van der Waals surface area contributed by atoms with Crippen molar-refractivity contribution >= 4 is 34.2 Å². The average molecular weight is 259 g/mol. The molecule has 2 heterocycles. The van der Waals surface area contributed by atoms with Crippen molar-refractivity contribution in [3.8, 4) is 0 Å². The number of aromatic amines is 1. The molecular formula is C12H13N5O2. The number of fused-ring (bicyclic) bond motifs is 1. The number of rotatable bonds is 2. The van der Waals surface area contributed by atoms with Crippen molar-refractivity contribution in [3.05, 3.63) is 18.5 Å². The Hall–Kier alpha value is -2.57. The number of nitrogens with zero attached hydrogens (tertiary/aromatic N) is 2. The zero-order valence-electron chi connectivity index (χ0n) is 10.1. The second-order valence-electron chi connectivity index (χ2n) is 4.64. The molecule has 1 aromatic heterocycles. The van der Waals surface area contributed by atoms with Gasteiger partial charge in [-0.15, -0.1) is 0 Å². The molecular weight excluding hydrogens is 246 g/mol. The molecule has 1 fully saturated rings. The third-order valence-electron chi connectivity index (χ3n) is 3.39. The van der Waals surface area contributed by atoms with Gasteiger partial charge in [-0.1, -0.05) is 0 Å². The van der Waals surface area contributed by atoms with Crippen molar-refractivity contribution in [2.75, 3.05) is 17.2 Å². The lowest BCUT2D eigenvalue weighted by atomic mass is 10.1. The number of nitrogens with one attached hydrogen (secondary N) is 1. The summed E-state index contributed by atoms with van der Waals surface area (Å²) in [6.45, 7) is 0.272. The van der Waals surface area contributed by atoms with Crippen LogP contribution in [0.4, 0.5) is 11.4 Å². The Labute approximate surface area is 108 Å². The molecule has 2 aromatic rings. The molecule has 7 nitrogen and oxygen atoms in total. The highest BCUT2D eigenvalue weighted by Gasteiger charge is 2.34. The quantitative estimate of drug-likeness (QED) is 0.657. The number of aromatic nitrogens is 2. The lowest BCUT2D eigenvalue weighted by molar-refractivity contribution is -0.123. The van der Waals surface area contributed by atoms with E-state index in [1.54, 1.807) is 18.5 Å². The molecule has 1 atom stereocenters. The Balaban J connectivity index is 2.02. The summed E-state index contributed by atoms with van der Waals surface area (Å²) in [5.74, 6) is -1.07. The minimum Gasteiger partial charge on any atom is -0.397 e. The summed E-state index contributed by atoms with van der Waals surface area (Å²) in [4.78, 5) is 31.7. The number of hydrogen-bond donors (Lipinski definition) is 3. The Morgan fingerprint density at radius 1 is 1.47 bits per heavy atom. The van der Waals surface area contributed by atoms with Crippen LogP contribution in [0.2, 0.25) is 0 Å². The number of nitrogen functional groups attached to an aromatic ring is 1. The predicted molar refractivity (Wildman–Crippen MR) is 70.2 cm³/mol. The maximum absolute atomic E-state index is 12.0. The molecule has 1 aliphatic rings. The van der Waals surface area contributed by atoms with Gasteiger partial charge < -0.3 is 21.4 Å². The van der Waals surface area contributed by atoms with Gasteiger partial charge in [0.15, 0.2) is 0 Å². The van der Waals surface area contributed by atoms with Gasteiger partial charge in [0.1, 0.15) is 0 Å². The van der Waals surface area contributed by atoms with Crippen molar-refractivity contribution < 1.29 is 9.59 Å². The number of imidazole rings is 1. The van der Waals surface area contributed by atoms with Gasteiger partial charge in [-0.25, -0.2) is 4.98 Å². The van der Waals surface area contributed by atoms with E-state index >= 15 is 0 Å². The fourth-order valence-corrected chi connectivity index (χ4v) is 2.35. The molecule has 0 saturated carbocycles. The van der Waals surface area contributed by atoms with E-state index < -0.39 is 11.8 Å². The number of carbonyl (C=O) groups excluding carboxylic acids is 2. The SMILES string of the molecule is NC(=O)C1CC(=O)N(c2cc3nc[nH]c3cc2N)C1. The highest BCUT2D eigenvalue weighted by Crippen LogP contribution is 2.32. The lowest BCUT2D eigenvalue weighted by Crippen LogP contribution is -2.28. The molecule has 7 heteroatoms. The fourth-order valence-electron chi connectivity index (χ4n) is 2.35. The summed E-state index contributed by atoms with van der Waals surface area (Å²) < 4.78 is 0. The first-order valence-corrected chi connectivity index (χ1v) is 5.88. The van der Waals surface area contributed by atoms with Gasteiger partial charge in [0, 0.05) is 13.0 Å². The molecule has 3 rings (SSSR count). The molecule has 1 saturated heterocycles. The van der Waals surface area contributed by atoms with Crippen molar-refractivity contribution in [1.29, 1.82) is 0 Å². The topological polar surface area (TPSA) is 118 Å². The molecule has 1 aromatic carbocycles. The number of carbonyl (C=O) groups is 2. The zero-order valence-corrected chi connectivity index (χ0v) is 10.1. The first-order valence-electron chi connectivity index (χ1n) is 5.88. The Kier molecular flexibility index (Phi) is 2.41. The molecule has 0 aliphatic carbocycles. The Bertz CT molecular complexity index is 678. The standard InChI is InChI=1S/C12H13N5O2/c13-7-2-8-9(16-5-15-8)3-10(7)17-4-6(12(14)19)1-11(17)18/h2-3,5-6H,1,4,13H2,(H2,14,19)(H,15,16). The van der Waals surface area contributed by atoms with Crippen LogP contribution >= 0.6 is 0 Å². The molecule has 1 unspecified atom stereocenters. The van der Waals surface area contributed by atoms with Gasteiger partial charge in [0.25, 0.3) is 0 Å². The third-order valence-corrected chi connectivity index (χ3v) is 3.39. The van der Waals surface area contributed by atoms with E-state index in [9.17, 15) is 9.59 Å². The van der Waals surface area contributed by atoms with E-state index in [0.29, 0.717) is 11.4 Å². The third kappa shape index (κ3) is 1.79. The minimum atomic E-state index is -0.463. The summed E-state index contributed by atoms with van der Waals surface area (Å²) in [5, 5.41) is 0. The highest BCUT2D eigenvalue weighted by atomic mass is 16.2. The van der Waals surface area contributed by atoms with Gasteiger partial charge in [-0.05, 0) is 12.1 Å². The van der Waals surface area contributed by atoms with Gasteiger partial charge in [0.05, 0.1) is 34.7 Å². The van der Waals surface area contributed by atoms with Crippen molar-refractivity contribution in [2.24, 2.45) is 11.7 Å². The Morgan fingerprint density at radius 2 is 2.26 bits per heavy atom. The summed E-state index contributed by atoms with van der Waals surface area (Å²) >= 11 is 0. The summed E-state index contributed by atoms with van der Waals surface area (Å²) in [5.41, 5.74) is 13.8. The van der Waals surface area contributed by atoms with E-state index in [0.717, 1.165) is 11.0 Å². The molecule has 5 N–H and O–H groups in total. The molecule has 1 aliphatic heterocycles. The van der Waals surface area contributed by atoms with Crippen LogP contribution in [0.25, 0.3) is 11.0 Å². The van der Waals surface area contributed by atoms with Crippen molar-refractivity contribution in [2.45, 2.75) is 6.42 Å². The predicted octanol–water partition coefficient (Wildman–Crippen LogP) is -0.0167. The zero-order chi connectivity index (χ0) is 13.6. The highest BCUT2D eigenvalue weighted by molar-refractivity contribution is 6.03. The summed E-state index contributed by atoms with van der Waals surface area (Å²) in [6.07, 6.45) is 1.69. The molecule has 98 valence electrons. The van der Waals surface area contributed by atoms with Gasteiger partial charge in [-0.2, -0.15) is 0 Å². The largest absolute Gasteiger partial charge is 0.397 e. The lowest BCUT2D eigenvalue weighted by Gasteiger charge is -2.18. The van der Waals surface area contributed by atoms with Gasteiger partial charge in [0.2, 0.25) is 11.8 Å². The van der Waals surface area contributed by atoms with E-state index in [1.807, 2.05) is 0 Å². The van der Waals surface area contributed by atoms with Gasteiger partial charge >= 0.3 is 0 Å². The number of anilines is 2. The smallest absolute Gasteiger partial charge is 0.227 e. The van der Waals surface area contributed by atoms with Crippen LogP contribution in [0.1, 0.15) is 6.42 Å². The van der Waals surface area contributed by atoms with Crippen LogP contribution in [0, 0.1) is 5.92 Å². The van der Waals surface area contributed by atoms with E-state index in [-0.39, 0.29) is 18.9 Å². The van der Waals surface area contributed by atoms with Crippen LogP contribution in [0.15, 0.2) is 18.5 Å². The van der Waals surface area contributed by atoms with E-state index in [4.69, 9.17) is 11.5 Å². The number of benzene rings is 1. The van der Waals surface area contributed by atoms with Crippen molar-refractivity contribution in [3.63, 3.8) is 0 Å². The number of nitrogens with two attached hydrogens (primary N) is 2. The molecule has 0 bridgehead atoms. The molecule has 0 spiro atoms. The van der Waals surface area contributed by atoms with Crippen LogP contribution in [0.5, 0.6) is 0 Å².